The Morgan fingerprint density at radius 2 is 1.65 bits per heavy atom. The summed E-state index contributed by atoms with van der Waals surface area (Å²) in [7, 11) is 0. The van der Waals surface area contributed by atoms with Crippen molar-refractivity contribution in [3.8, 4) is 0 Å². The standard InChI is InChI=1S/C15H33NO/c1-5-6-7-8-9-10-14(4)16-12-15(17)11-13(2)3/h13-17H,5-12H2,1-4H3. The Bertz CT molecular complexity index is 159. The highest BCUT2D eigenvalue weighted by Gasteiger charge is 2.08. The van der Waals surface area contributed by atoms with Crippen LogP contribution in [0.15, 0.2) is 0 Å². The van der Waals surface area contributed by atoms with Crippen LogP contribution in [-0.2, 0) is 0 Å². The van der Waals surface area contributed by atoms with E-state index in [1.807, 2.05) is 0 Å². The van der Waals surface area contributed by atoms with Gasteiger partial charge in [0.2, 0.25) is 0 Å². The van der Waals surface area contributed by atoms with E-state index >= 15 is 0 Å². The lowest BCUT2D eigenvalue weighted by molar-refractivity contribution is 0.142. The van der Waals surface area contributed by atoms with Crippen molar-refractivity contribution < 1.29 is 5.11 Å². The van der Waals surface area contributed by atoms with Gasteiger partial charge in [-0.25, -0.2) is 0 Å². The molecule has 0 aliphatic carbocycles. The molecule has 0 aliphatic heterocycles. The van der Waals surface area contributed by atoms with E-state index in [4.69, 9.17) is 0 Å². The summed E-state index contributed by atoms with van der Waals surface area (Å²) in [5.41, 5.74) is 0. The molecular weight excluding hydrogens is 210 g/mol. The molecule has 2 N–H and O–H groups in total. The summed E-state index contributed by atoms with van der Waals surface area (Å²) in [6.45, 7) is 9.53. The van der Waals surface area contributed by atoms with E-state index in [0.29, 0.717) is 12.0 Å². The van der Waals surface area contributed by atoms with Gasteiger partial charge < -0.3 is 10.4 Å². The Morgan fingerprint density at radius 3 is 2.24 bits per heavy atom. The molecule has 0 radical (unpaired) electrons. The van der Waals surface area contributed by atoms with Crippen LogP contribution in [0.5, 0.6) is 0 Å². The van der Waals surface area contributed by atoms with Gasteiger partial charge in [0.25, 0.3) is 0 Å². The zero-order valence-electron chi connectivity index (χ0n) is 12.3. The van der Waals surface area contributed by atoms with Crippen LogP contribution in [0.2, 0.25) is 0 Å². The number of nitrogens with one attached hydrogen (secondary N) is 1. The summed E-state index contributed by atoms with van der Waals surface area (Å²) in [5.74, 6) is 0.580. The van der Waals surface area contributed by atoms with Crippen molar-refractivity contribution in [3.05, 3.63) is 0 Å². The van der Waals surface area contributed by atoms with Crippen LogP contribution in [0, 0.1) is 5.92 Å². The van der Waals surface area contributed by atoms with Crippen LogP contribution in [0.25, 0.3) is 0 Å². The van der Waals surface area contributed by atoms with Gasteiger partial charge in [-0.15, -0.1) is 0 Å². The van der Waals surface area contributed by atoms with Gasteiger partial charge in [-0.05, 0) is 25.7 Å². The quantitative estimate of drug-likeness (QED) is 0.542. The van der Waals surface area contributed by atoms with Gasteiger partial charge in [0, 0.05) is 12.6 Å². The molecule has 0 rings (SSSR count). The topological polar surface area (TPSA) is 32.3 Å². The largest absolute Gasteiger partial charge is 0.392 e. The molecular formula is C15H33NO. The summed E-state index contributed by atoms with van der Waals surface area (Å²) >= 11 is 0. The maximum atomic E-state index is 9.75. The van der Waals surface area contributed by atoms with Gasteiger partial charge >= 0.3 is 0 Å². The van der Waals surface area contributed by atoms with Gasteiger partial charge in [-0.1, -0.05) is 52.9 Å². The molecule has 0 bridgehead atoms. The highest BCUT2D eigenvalue weighted by molar-refractivity contribution is 4.66. The maximum absolute atomic E-state index is 9.75. The molecule has 104 valence electrons. The molecule has 0 aromatic rings. The van der Waals surface area contributed by atoms with E-state index in [1.165, 1.54) is 38.5 Å². The van der Waals surface area contributed by atoms with Crippen molar-refractivity contribution in [3.63, 3.8) is 0 Å². The number of unbranched alkanes of at least 4 members (excludes halogenated alkanes) is 4. The molecule has 0 aliphatic rings. The molecule has 2 atom stereocenters. The van der Waals surface area contributed by atoms with E-state index in [-0.39, 0.29) is 6.10 Å². The molecule has 0 aromatic heterocycles. The third-order valence-corrected chi connectivity index (χ3v) is 3.19. The predicted octanol–water partition coefficient (Wildman–Crippen LogP) is 3.73. The molecule has 0 heterocycles. The van der Waals surface area contributed by atoms with Crippen molar-refractivity contribution in [1.29, 1.82) is 0 Å². The van der Waals surface area contributed by atoms with Crippen LogP contribution in [0.4, 0.5) is 0 Å². The Labute approximate surface area is 108 Å². The van der Waals surface area contributed by atoms with E-state index in [0.717, 1.165) is 13.0 Å². The SMILES string of the molecule is CCCCCCCC(C)NCC(O)CC(C)C. The zero-order valence-corrected chi connectivity index (χ0v) is 12.3. The fraction of sp³-hybridized carbons (Fsp3) is 1.00. The lowest BCUT2D eigenvalue weighted by atomic mass is 10.0. The first kappa shape index (κ1) is 16.9. The third-order valence-electron chi connectivity index (χ3n) is 3.19. The minimum atomic E-state index is -0.183. The van der Waals surface area contributed by atoms with Gasteiger partial charge in [-0.2, -0.15) is 0 Å². The average Bonchev–Trinajstić information content (AvgIpc) is 2.25. The number of hydrogen-bond donors (Lipinski definition) is 2. The van der Waals surface area contributed by atoms with E-state index in [2.05, 4.69) is 33.0 Å². The Morgan fingerprint density at radius 1 is 1.00 bits per heavy atom. The highest BCUT2D eigenvalue weighted by atomic mass is 16.3. The van der Waals surface area contributed by atoms with Crippen molar-refractivity contribution >= 4 is 0 Å². The van der Waals surface area contributed by atoms with Crippen molar-refractivity contribution in [2.75, 3.05) is 6.54 Å². The third kappa shape index (κ3) is 12.2. The fourth-order valence-corrected chi connectivity index (χ4v) is 2.12. The van der Waals surface area contributed by atoms with E-state index in [9.17, 15) is 5.11 Å². The van der Waals surface area contributed by atoms with Crippen LogP contribution in [-0.4, -0.2) is 23.8 Å². The number of rotatable bonds is 11. The number of aliphatic hydroxyl groups is 1. The second-order valence-electron chi connectivity index (χ2n) is 5.80. The Hall–Kier alpha value is -0.0800. The number of hydrogen-bond acceptors (Lipinski definition) is 2. The Kier molecular flexibility index (Phi) is 11.0. The number of aliphatic hydroxyl groups excluding tert-OH is 1. The van der Waals surface area contributed by atoms with Gasteiger partial charge in [-0.3, -0.25) is 0 Å². The van der Waals surface area contributed by atoms with Gasteiger partial charge in [0.05, 0.1) is 6.10 Å². The van der Waals surface area contributed by atoms with Crippen LogP contribution in [0.1, 0.15) is 72.6 Å². The van der Waals surface area contributed by atoms with Crippen LogP contribution >= 0.6 is 0 Å². The smallest absolute Gasteiger partial charge is 0.0667 e. The van der Waals surface area contributed by atoms with Gasteiger partial charge in [0.1, 0.15) is 0 Å². The first-order valence-corrected chi connectivity index (χ1v) is 7.47. The summed E-state index contributed by atoms with van der Waals surface area (Å²) in [4.78, 5) is 0. The minimum Gasteiger partial charge on any atom is -0.392 e. The zero-order chi connectivity index (χ0) is 13.1. The molecule has 0 saturated heterocycles. The van der Waals surface area contributed by atoms with Crippen LogP contribution in [0.3, 0.4) is 0 Å². The summed E-state index contributed by atoms with van der Waals surface area (Å²) in [5, 5.41) is 13.2. The molecule has 2 unspecified atom stereocenters. The van der Waals surface area contributed by atoms with E-state index in [1.54, 1.807) is 0 Å². The minimum absolute atomic E-state index is 0.183. The lowest BCUT2D eigenvalue weighted by Gasteiger charge is -2.18. The molecule has 2 heteroatoms. The van der Waals surface area contributed by atoms with Gasteiger partial charge in [0.15, 0.2) is 0 Å². The normalized spacial score (nSPS) is 15.2. The maximum Gasteiger partial charge on any atom is 0.0667 e. The fourth-order valence-electron chi connectivity index (χ4n) is 2.12. The first-order chi connectivity index (χ1) is 8.06. The highest BCUT2D eigenvalue weighted by Crippen LogP contribution is 2.08. The summed E-state index contributed by atoms with van der Waals surface area (Å²) in [6.07, 6.45) is 8.68. The molecule has 2 nitrogen and oxygen atoms in total. The summed E-state index contributed by atoms with van der Waals surface area (Å²) < 4.78 is 0. The molecule has 0 aromatic carbocycles. The van der Waals surface area contributed by atoms with Crippen molar-refractivity contribution in [2.24, 2.45) is 5.92 Å². The predicted molar refractivity (Wildman–Crippen MR) is 76.3 cm³/mol. The molecule has 0 saturated carbocycles. The van der Waals surface area contributed by atoms with Crippen molar-refractivity contribution in [1.82, 2.24) is 5.32 Å². The molecule has 0 spiro atoms. The average molecular weight is 243 g/mol. The molecule has 0 fully saturated rings. The van der Waals surface area contributed by atoms with Crippen molar-refractivity contribution in [2.45, 2.75) is 84.8 Å². The first-order valence-electron chi connectivity index (χ1n) is 7.47. The van der Waals surface area contributed by atoms with Crippen LogP contribution < -0.4 is 5.32 Å². The molecule has 0 amide bonds. The molecule has 17 heavy (non-hydrogen) atoms. The monoisotopic (exact) mass is 243 g/mol. The second kappa shape index (κ2) is 11.0. The lowest BCUT2D eigenvalue weighted by Crippen LogP contribution is -2.34. The summed E-state index contributed by atoms with van der Waals surface area (Å²) in [6, 6.07) is 0.540. The second-order valence-corrected chi connectivity index (χ2v) is 5.80. The Balaban J connectivity index is 3.36. The van der Waals surface area contributed by atoms with E-state index < -0.39 is 0 Å².